The Labute approximate surface area is 67.4 Å². The first-order chi connectivity index (χ1) is 4.87. The van der Waals surface area contributed by atoms with Crippen molar-refractivity contribution in [3.8, 4) is 0 Å². The van der Waals surface area contributed by atoms with Crippen molar-refractivity contribution in [3.05, 3.63) is 11.8 Å². The molecule has 0 saturated heterocycles. The molecule has 64 valence electrons. The molecule has 0 saturated carbocycles. The van der Waals surface area contributed by atoms with Crippen LogP contribution in [0.5, 0.6) is 0 Å². The van der Waals surface area contributed by atoms with Crippen LogP contribution in [0.1, 0.15) is 0 Å². The van der Waals surface area contributed by atoms with Gasteiger partial charge in [0.1, 0.15) is 0 Å². The van der Waals surface area contributed by atoms with Crippen molar-refractivity contribution in [2.24, 2.45) is 0 Å². The van der Waals surface area contributed by atoms with Crippen LogP contribution in [0.4, 0.5) is 0 Å². The van der Waals surface area contributed by atoms with Crippen LogP contribution in [-0.2, 0) is 4.79 Å². The number of carboxylic acids is 1. The van der Waals surface area contributed by atoms with E-state index in [4.69, 9.17) is 10.2 Å². The highest BCUT2D eigenvalue weighted by atomic mass is 28.3. The monoisotopic (exact) mass is 174 g/mol. The number of hydrogen-bond acceptors (Lipinski definition) is 2. The van der Waals surface area contributed by atoms with E-state index in [1.54, 1.807) is 0 Å². The van der Waals surface area contributed by atoms with Crippen molar-refractivity contribution >= 4 is 14.0 Å². The Kier molecular flexibility index (Phi) is 3.32. The van der Waals surface area contributed by atoms with Gasteiger partial charge in [-0.1, -0.05) is 19.6 Å². The van der Waals surface area contributed by atoms with Gasteiger partial charge in [-0.25, -0.2) is 4.79 Å². The Morgan fingerprint density at radius 3 is 2.00 bits per heavy atom. The Morgan fingerprint density at radius 2 is 1.91 bits per heavy atom. The third-order valence-corrected chi connectivity index (χ3v) is 2.59. The number of aliphatic hydroxyl groups is 1. The Morgan fingerprint density at radius 1 is 1.45 bits per heavy atom. The van der Waals surface area contributed by atoms with E-state index in [9.17, 15) is 4.79 Å². The number of carbonyl (C=O) groups is 1. The minimum Gasteiger partial charge on any atom is -0.515 e. The first-order valence-electron chi connectivity index (χ1n) is 3.43. The summed E-state index contributed by atoms with van der Waals surface area (Å²) in [6.45, 7) is 6.16. The summed E-state index contributed by atoms with van der Waals surface area (Å²) in [7, 11) is -1.41. The lowest BCUT2D eigenvalue weighted by Crippen LogP contribution is -2.22. The lowest BCUT2D eigenvalue weighted by molar-refractivity contribution is -0.132. The van der Waals surface area contributed by atoms with Gasteiger partial charge in [0.05, 0.1) is 11.8 Å². The number of hydrogen-bond donors (Lipinski definition) is 2. The molecule has 3 nitrogen and oxygen atoms in total. The molecular formula is C7H14O3Si. The summed E-state index contributed by atoms with van der Waals surface area (Å²) in [6, 6.07) is 0.513. The topological polar surface area (TPSA) is 57.5 Å². The Balaban J connectivity index is 4.24. The van der Waals surface area contributed by atoms with E-state index >= 15 is 0 Å². The summed E-state index contributed by atoms with van der Waals surface area (Å²) in [5.41, 5.74) is 0.115. The van der Waals surface area contributed by atoms with E-state index in [0.29, 0.717) is 12.3 Å². The van der Waals surface area contributed by atoms with Crippen LogP contribution in [0.15, 0.2) is 11.8 Å². The zero-order valence-corrected chi connectivity index (χ0v) is 8.09. The van der Waals surface area contributed by atoms with Gasteiger partial charge in [0, 0.05) is 8.07 Å². The summed E-state index contributed by atoms with van der Waals surface area (Å²) in [5, 5.41) is 17.1. The van der Waals surface area contributed by atoms with Crippen LogP contribution in [0.25, 0.3) is 0 Å². The van der Waals surface area contributed by atoms with E-state index < -0.39 is 14.0 Å². The minimum atomic E-state index is -1.41. The molecule has 0 aliphatic heterocycles. The number of aliphatic carboxylic acids is 1. The Bertz CT molecular complexity index is 179. The molecule has 0 rings (SSSR count). The highest BCUT2D eigenvalue weighted by molar-refractivity contribution is 6.77. The molecule has 0 fully saturated rings. The molecule has 0 radical (unpaired) electrons. The van der Waals surface area contributed by atoms with Crippen LogP contribution in [0.2, 0.25) is 25.7 Å². The molecule has 4 heteroatoms. The van der Waals surface area contributed by atoms with E-state index in [1.807, 2.05) is 0 Å². The maximum atomic E-state index is 10.4. The number of carboxylic acid groups (broad SMARTS) is 1. The van der Waals surface area contributed by atoms with Crippen molar-refractivity contribution in [1.29, 1.82) is 0 Å². The van der Waals surface area contributed by atoms with Gasteiger partial charge < -0.3 is 10.2 Å². The zero-order valence-electron chi connectivity index (χ0n) is 7.09. The van der Waals surface area contributed by atoms with Gasteiger partial charge in [-0.05, 0) is 6.04 Å². The molecule has 0 bridgehead atoms. The maximum absolute atomic E-state index is 10.4. The minimum absolute atomic E-state index is 0.115. The molecule has 0 aliphatic carbocycles. The largest absolute Gasteiger partial charge is 0.515 e. The summed E-state index contributed by atoms with van der Waals surface area (Å²) < 4.78 is 0. The van der Waals surface area contributed by atoms with Gasteiger partial charge >= 0.3 is 5.97 Å². The molecule has 0 unspecified atom stereocenters. The van der Waals surface area contributed by atoms with Gasteiger partial charge in [-0.15, -0.1) is 0 Å². The summed E-state index contributed by atoms with van der Waals surface area (Å²) in [4.78, 5) is 10.4. The average Bonchev–Trinajstić information content (AvgIpc) is 1.80. The first-order valence-corrected chi connectivity index (χ1v) is 7.14. The quantitative estimate of drug-likeness (QED) is 0.390. The van der Waals surface area contributed by atoms with Crippen molar-refractivity contribution in [3.63, 3.8) is 0 Å². The summed E-state index contributed by atoms with van der Waals surface area (Å²) in [5.74, 6) is -1.02. The molecule has 0 aliphatic rings. The highest BCUT2D eigenvalue weighted by Crippen LogP contribution is 2.15. The van der Waals surface area contributed by atoms with Crippen LogP contribution < -0.4 is 0 Å². The fourth-order valence-electron chi connectivity index (χ4n) is 0.748. The summed E-state index contributed by atoms with van der Waals surface area (Å²) in [6.07, 6.45) is 0.695. The molecule has 2 N–H and O–H groups in total. The van der Waals surface area contributed by atoms with E-state index in [1.165, 1.54) is 0 Å². The fourth-order valence-corrected chi connectivity index (χ4v) is 2.13. The molecule has 0 aromatic carbocycles. The van der Waals surface area contributed by atoms with E-state index in [2.05, 4.69) is 19.6 Å². The van der Waals surface area contributed by atoms with Crippen LogP contribution >= 0.6 is 0 Å². The van der Waals surface area contributed by atoms with Crippen molar-refractivity contribution in [2.45, 2.75) is 25.7 Å². The van der Waals surface area contributed by atoms with Crippen molar-refractivity contribution < 1.29 is 15.0 Å². The normalized spacial score (nSPS) is 13.2. The van der Waals surface area contributed by atoms with Crippen molar-refractivity contribution in [2.75, 3.05) is 0 Å². The predicted molar refractivity (Wildman–Crippen MR) is 46.5 cm³/mol. The molecule has 0 aromatic rings. The van der Waals surface area contributed by atoms with Gasteiger partial charge in [0.15, 0.2) is 0 Å². The lowest BCUT2D eigenvalue weighted by Gasteiger charge is -2.14. The molecule has 0 atom stereocenters. The molecule has 0 aromatic heterocycles. The van der Waals surface area contributed by atoms with Crippen LogP contribution in [0.3, 0.4) is 0 Å². The molecule has 0 heterocycles. The van der Waals surface area contributed by atoms with E-state index in [-0.39, 0.29) is 5.57 Å². The van der Waals surface area contributed by atoms with Crippen molar-refractivity contribution in [1.82, 2.24) is 0 Å². The van der Waals surface area contributed by atoms with Gasteiger partial charge in [-0.2, -0.15) is 0 Å². The molecule has 0 amide bonds. The smallest absolute Gasteiger partial charge is 0.334 e. The molecular weight excluding hydrogens is 160 g/mol. The third kappa shape index (κ3) is 4.61. The zero-order chi connectivity index (χ0) is 9.07. The Hall–Kier alpha value is -0.773. The fraction of sp³-hybridized carbons (Fsp3) is 0.571. The predicted octanol–water partition coefficient (Wildman–Crippen LogP) is 1.85. The number of rotatable bonds is 3. The second-order valence-electron chi connectivity index (χ2n) is 3.70. The first kappa shape index (κ1) is 10.2. The second kappa shape index (κ2) is 3.57. The second-order valence-corrected chi connectivity index (χ2v) is 9.17. The average molecular weight is 174 g/mol. The third-order valence-electron chi connectivity index (χ3n) is 1.15. The van der Waals surface area contributed by atoms with E-state index in [0.717, 1.165) is 0 Å². The van der Waals surface area contributed by atoms with Gasteiger partial charge in [0.2, 0.25) is 0 Å². The maximum Gasteiger partial charge on any atom is 0.334 e. The molecule has 0 spiro atoms. The molecule has 11 heavy (non-hydrogen) atoms. The standard InChI is InChI=1S/C7H14O3Si/c1-11(2,3)5-6(4-8)7(9)10/h4,8H,5H2,1-3H3,(H,9,10). The van der Waals surface area contributed by atoms with Crippen LogP contribution in [-0.4, -0.2) is 24.3 Å². The van der Waals surface area contributed by atoms with Crippen LogP contribution in [0, 0.1) is 0 Å². The van der Waals surface area contributed by atoms with Gasteiger partial charge in [-0.3, -0.25) is 0 Å². The lowest BCUT2D eigenvalue weighted by atomic mass is 10.3. The summed E-state index contributed by atoms with van der Waals surface area (Å²) >= 11 is 0. The van der Waals surface area contributed by atoms with Gasteiger partial charge in [0.25, 0.3) is 0 Å². The SMILES string of the molecule is C[Si](C)(C)CC(=CO)C(=O)O. The number of aliphatic hydroxyl groups excluding tert-OH is 1. The highest BCUT2D eigenvalue weighted by Gasteiger charge is 2.19.